The van der Waals surface area contributed by atoms with Gasteiger partial charge in [0.1, 0.15) is 22.8 Å². The van der Waals surface area contributed by atoms with Crippen molar-refractivity contribution >= 4 is 54.2 Å². The van der Waals surface area contributed by atoms with E-state index in [0.717, 1.165) is 6.26 Å². The average Bonchev–Trinajstić information content (AvgIpc) is 2.80. The molecule has 0 aliphatic carbocycles. The Bertz CT molecular complexity index is 1420. The predicted molar refractivity (Wildman–Crippen MR) is 167 cm³/mol. The second kappa shape index (κ2) is 16.9. The summed E-state index contributed by atoms with van der Waals surface area (Å²) in [4.78, 5) is 26.3. The molecule has 17 heteroatoms. The number of azide groups is 1. The van der Waals surface area contributed by atoms with Gasteiger partial charge in [0.05, 0.1) is 31.5 Å². The van der Waals surface area contributed by atoms with Gasteiger partial charge in [0.25, 0.3) is 10.1 Å². The van der Waals surface area contributed by atoms with Crippen LogP contribution in [0.5, 0.6) is 0 Å². The molecule has 0 aliphatic heterocycles. The molecule has 0 heterocycles. The Balaban J connectivity index is 0.000000442. The molecule has 0 fully saturated rings. The van der Waals surface area contributed by atoms with Crippen LogP contribution in [0.1, 0.15) is 64.8 Å². The molecule has 0 unspecified atom stereocenters. The van der Waals surface area contributed by atoms with Gasteiger partial charge in [0.15, 0.2) is 0 Å². The highest BCUT2D eigenvalue weighted by Gasteiger charge is 2.23. The van der Waals surface area contributed by atoms with Crippen LogP contribution < -0.4 is 10.6 Å². The molecule has 244 valence electrons. The zero-order chi connectivity index (χ0) is 33.9. The molecule has 0 radical (unpaired) electrons. The highest BCUT2D eigenvalue weighted by atomic mass is 79.9. The maximum atomic E-state index is 13.5. The van der Waals surface area contributed by atoms with Crippen LogP contribution in [0.2, 0.25) is 0 Å². The van der Waals surface area contributed by atoms with E-state index < -0.39 is 57.2 Å². The molecule has 2 aromatic rings. The molecule has 44 heavy (non-hydrogen) atoms. The smallest absolute Gasteiger partial charge is 0.408 e. The van der Waals surface area contributed by atoms with Gasteiger partial charge in [0.2, 0.25) is 0 Å². The van der Waals surface area contributed by atoms with Crippen LogP contribution in [0.15, 0.2) is 50.5 Å². The fourth-order valence-corrected chi connectivity index (χ4v) is 4.57. The SMILES string of the molecule is CC(C)(C)OC(=O)N[C@H](CN=[N+]=[N-])c1cc(F)cc(Br)c1.CC(C)(C)OC(=O)N[C@H](COS(C)(=O)=O)c1cc(F)cc(Br)c1. The second-order valence-corrected chi connectivity index (χ2v) is 14.7. The van der Waals surface area contributed by atoms with Crippen LogP contribution in [0.4, 0.5) is 18.4 Å². The standard InChI is InChI=1S/C14H19BrFNO5S.C13H16BrFN4O2/c1-14(2,3)22-13(18)17-12(8-21-23(4,19)20)9-5-10(15)7-11(16)6-9;1-13(2,3)21-12(20)18-11(7-17-19-16)8-4-9(14)6-10(15)5-8/h5-7,12H,8H2,1-4H3,(H,17,18);4-6,11H,7H2,1-3H3,(H,18,20)/t12-;11-/m11/s1. The predicted octanol–water partition coefficient (Wildman–Crippen LogP) is 7.59. The molecule has 2 N–H and O–H groups in total. The first-order valence-corrected chi connectivity index (χ1v) is 16.2. The molecule has 0 aliphatic rings. The van der Waals surface area contributed by atoms with E-state index in [4.69, 9.17) is 19.2 Å². The van der Waals surface area contributed by atoms with E-state index in [9.17, 15) is 26.8 Å². The average molecular weight is 771 g/mol. The van der Waals surface area contributed by atoms with Gasteiger partial charge in [-0.15, -0.1) is 0 Å². The van der Waals surface area contributed by atoms with Gasteiger partial charge in [-0.3, -0.25) is 4.18 Å². The third-order valence-electron chi connectivity index (χ3n) is 4.73. The first-order chi connectivity index (χ1) is 20.1. The Morgan fingerprint density at radius 3 is 1.64 bits per heavy atom. The Hall–Kier alpha value is -2.98. The lowest BCUT2D eigenvalue weighted by molar-refractivity contribution is 0.0482. The normalized spacial score (nSPS) is 12.9. The van der Waals surface area contributed by atoms with Crippen LogP contribution in [0, 0.1) is 11.6 Å². The van der Waals surface area contributed by atoms with E-state index in [1.807, 2.05) is 0 Å². The maximum absolute atomic E-state index is 13.5. The van der Waals surface area contributed by atoms with Crippen molar-refractivity contribution in [2.45, 2.75) is 64.8 Å². The minimum Gasteiger partial charge on any atom is -0.444 e. The summed E-state index contributed by atoms with van der Waals surface area (Å²) < 4.78 is 65.3. The van der Waals surface area contributed by atoms with Crippen LogP contribution in [0.25, 0.3) is 10.4 Å². The summed E-state index contributed by atoms with van der Waals surface area (Å²) in [6.45, 7) is 9.82. The summed E-state index contributed by atoms with van der Waals surface area (Å²) >= 11 is 6.32. The van der Waals surface area contributed by atoms with E-state index in [0.29, 0.717) is 20.1 Å². The number of nitrogens with one attached hydrogen (secondary N) is 2. The van der Waals surface area contributed by atoms with Crippen molar-refractivity contribution < 1.29 is 40.4 Å². The fraction of sp³-hybridized carbons (Fsp3) is 0.481. The van der Waals surface area contributed by atoms with Gasteiger partial charge >= 0.3 is 12.2 Å². The van der Waals surface area contributed by atoms with Gasteiger partial charge in [-0.05, 0) is 94.6 Å². The summed E-state index contributed by atoms with van der Waals surface area (Å²) in [7, 11) is -3.72. The Morgan fingerprint density at radius 1 is 0.864 bits per heavy atom. The number of halogens is 4. The zero-order valence-electron chi connectivity index (χ0n) is 25.2. The number of rotatable bonds is 9. The molecule has 0 aromatic heterocycles. The highest BCUT2D eigenvalue weighted by molar-refractivity contribution is 9.10. The summed E-state index contributed by atoms with van der Waals surface area (Å²) in [5.74, 6) is -0.999. The summed E-state index contributed by atoms with van der Waals surface area (Å²) in [5, 5.41) is 8.47. The molecule has 0 saturated carbocycles. The number of amides is 2. The van der Waals surface area contributed by atoms with Crippen molar-refractivity contribution in [3.63, 3.8) is 0 Å². The first kappa shape index (κ1) is 39.0. The Morgan fingerprint density at radius 2 is 1.27 bits per heavy atom. The van der Waals surface area contributed by atoms with E-state index >= 15 is 0 Å². The van der Waals surface area contributed by atoms with E-state index in [1.54, 1.807) is 53.7 Å². The number of hydrogen-bond donors (Lipinski definition) is 2. The number of ether oxygens (including phenoxy) is 2. The lowest BCUT2D eigenvalue weighted by atomic mass is 10.1. The summed E-state index contributed by atoms with van der Waals surface area (Å²) in [6.07, 6.45) is -0.542. The van der Waals surface area contributed by atoms with Crippen molar-refractivity contribution in [2.75, 3.05) is 19.4 Å². The Labute approximate surface area is 272 Å². The van der Waals surface area contributed by atoms with Gasteiger partial charge < -0.3 is 20.1 Å². The molecule has 2 aromatic carbocycles. The van der Waals surface area contributed by atoms with E-state index in [1.165, 1.54) is 24.3 Å². The van der Waals surface area contributed by atoms with Crippen molar-refractivity contribution in [3.8, 4) is 0 Å². The number of hydrogen-bond acceptors (Lipinski definition) is 8. The number of benzene rings is 2. The molecule has 2 atom stereocenters. The van der Waals surface area contributed by atoms with Crippen molar-refractivity contribution in [2.24, 2.45) is 5.11 Å². The number of carbonyl (C=O) groups is 2. The molecular weight excluding hydrogens is 736 g/mol. The second-order valence-electron chi connectivity index (χ2n) is 11.2. The van der Waals surface area contributed by atoms with Gasteiger partial charge in [-0.1, -0.05) is 37.0 Å². The summed E-state index contributed by atoms with van der Waals surface area (Å²) in [6, 6.07) is 6.59. The van der Waals surface area contributed by atoms with Gasteiger partial charge in [-0.25, -0.2) is 18.4 Å². The molecule has 2 amide bonds. The minimum atomic E-state index is -3.72. The van der Waals surface area contributed by atoms with Crippen molar-refractivity contribution in [1.29, 1.82) is 0 Å². The quantitative estimate of drug-likeness (QED) is 0.115. The molecule has 0 spiro atoms. The van der Waals surface area contributed by atoms with Crippen LogP contribution in [-0.2, 0) is 23.8 Å². The first-order valence-electron chi connectivity index (χ1n) is 12.8. The lowest BCUT2D eigenvalue weighted by Crippen LogP contribution is -2.37. The summed E-state index contributed by atoms with van der Waals surface area (Å²) in [5.41, 5.74) is 7.85. The highest BCUT2D eigenvalue weighted by Crippen LogP contribution is 2.23. The maximum Gasteiger partial charge on any atom is 0.408 e. The number of nitrogens with zero attached hydrogens (tertiary/aromatic N) is 3. The molecule has 12 nitrogen and oxygen atoms in total. The minimum absolute atomic E-state index is 0.0500. The van der Waals surface area contributed by atoms with Gasteiger partial charge in [0, 0.05) is 13.9 Å². The molecule has 0 saturated heterocycles. The van der Waals surface area contributed by atoms with Crippen LogP contribution in [-0.4, -0.2) is 51.2 Å². The van der Waals surface area contributed by atoms with Crippen molar-refractivity contribution in [1.82, 2.24) is 10.6 Å². The van der Waals surface area contributed by atoms with Crippen LogP contribution in [0.3, 0.4) is 0 Å². The largest absolute Gasteiger partial charge is 0.444 e. The third kappa shape index (κ3) is 17.3. The lowest BCUT2D eigenvalue weighted by Gasteiger charge is -2.23. The van der Waals surface area contributed by atoms with E-state index in [2.05, 4.69) is 52.5 Å². The third-order valence-corrected chi connectivity index (χ3v) is 6.21. The monoisotopic (exact) mass is 769 g/mol. The van der Waals surface area contributed by atoms with Crippen LogP contribution >= 0.6 is 31.9 Å². The fourth-order valence-electron chi connectivity index (χ4n) is 3.22. The number of carbonyl (C=O) groups excluding carboxylic acids is 2. The van der Waals surface area contributed by atoms with E-state index in [-0.39, 0.29) is 13.2 Å². The molecule has 2 rings (SSSR count). The zero-order valence-corrected chi connectivity index (χ0v) is 29.1. The number of alkyl carbamates (subject to hydrolysis) is 2. The van der Waals surface area contributed by atoms with Gasteiger partial charge in [-0.2, -0.15) is 8.42 Å². The topological polar surface area (TPSA) is 169 Å². The van der Waals surface area contributed by atoms with Crippen molar-refractivity contribution in [3.05, 3.63) is 78.5 Å². The Kier molecular flexibility index (Phi) is 15.0. The molecular formula is C27H35Br2F2N5O7S. The molecule has 0 bridgehead atoms.